The van der Waals surface area contributed by atoms with E-state index in [1.807, 2.05) is 43.3 Å². The summed E-state index contributed by atoms with van der Waals surface area (Å²) in [7, 11) is 0. The summed E-state index contributed by atoms with van der Waals surface area (Å²) in [5, 5.41) is 2.86. The molecule has 0 spiro atoms. The van der Waals surface area contributed by atoms with Crippen molar-refractivity contribution >= 4 is 5.91 Å². The maximum absolute atomic E-state index is 12.3. The average molecular weight is 258 g/mol. The molecule has 3 N–H and O–H groups in total. The zero-order valence-electron chi connectivity index (χ0n) is 11.1. The van der Waals surface area contributed by atoms with Crippen LogP contribution in [-0.4, -0.2) is 5.91 Å². The molecule has 19 heavy (non-hydrogen) atoms. The number of carbonyl (C=O) groups excluding carboxylic acids is 1. The van der Waals surface area contributed by atoms with Crippen molar-refractivity contribution in [1.29, 1.82) is 0 Å². The molecule has 1 amide bonds. The smallest absolute Gasteiger partial charge is 0.244 e. The van der Waals surface area contributed by atoms with Gasteiger partial charge in [0.15, 0.2) is 0 Å². The number of nitrogens with one attached hydrogen (secondary N) is 1. The number of rotatable bonds is 4. The van der Waals surface area contributed by atoms with Crippen LogP contribution in [0.2, 0.25) is 0 Å². The molecule has 1 aromatic carbocycles. The minimum atomic E-state index is -1.07. The van der Waals surface area contributed by atoms with Crippen LogP contribution < -0.4 is 11.1 Å². The van der Waals surface area contributed by atoms with E-state index in [1.54, 1.807) is 19.3 Å². The lowest BCUT2D eigenvalue weighted by Crippen LogP contribution is -2.49. The lowest BCUT2D eigenvalue weighted by Gasteiger charge is -2.25. The number of benzene rings is 1. The van der Waals surface area contributed by atoms with Gasteiger partial charge in [0.25, 0.3) is 0 Å². The maximum atomic E-state index is 12.3. The predicted octanol–water partition coefficient (Wildman–Crippen LogP) is 2.33. The molecule has 100 valence electrons. The first-order valence-electron chi connectivity index (χ1n) is 6.20. The van der Waals surface area contributed by atoms with Crippen LogP contribution in [-0.2, 0) is 10.3 Å². The van der Waals surface area contributed by atoms with E-state index in [2.05, 4.69) is 5.32 Å². The van der Waals surface area contributed by atoms with Crippen LogP contribution >= 0.6 is 0 Å². The van der Waals surface area contributed by atoms with Crippen molar-refractivity contribution in [2.24, 2.45) is 5.73 Å². The Labute approximate surface area is 112 Å². The first-order valence-corrected chi connectivity index (χ1v) is 6.20. The Morgan fingerprint density at radius 3 is 2.53 bits per heavy atom. The van der Waals surface area contributed by atoms with Gasteiger partial charge in [0, 0.05) is 0 Å². The van der Waals surface area contributed by atoms with Crippen LogP contribution in [0.3, 0.4) is 0 Å². The second kappa shape index (κ2) is 5.28. The maximum Gasteiger partial charge on any atom is 0.244 e. The van der Waals surface area contributed by atoms with Gasteiger partial charge in [-0.05, 0) is 31.5 Å². The summed E-state index contributed by atoms with van der Waals surface area (Å²) >= 11 is 0. The van der Waals surface area contributed by atoms with Crippen molar-refractivity contribution in [3.05, 3.63) is 60.1 Å². The normalized spacial score (nSPS) is 15.5. The lowest BCUT2D eigenvalue weighted by molar-refractivity contribution is -0.126. The average Bonchev–Trinajstić information content (AvgIpc) is 2.93. The molecular weight excluding hydrogens is 240 g/mol. The fourth-order valence-corrected chi connectivity index (χ4v) is 1.87. The Kier molecular flexibility index (Phi) is 3.71. The molecule has 0 saturated heterocycles. The van der Waals surface area contributed by atoms with Gasteiger partial charge in [0.1, 0.15) is 11.3 Å². The van der Waals surface area contributed by atoms with Gasteiger partial charge in [-0.15, -0.1) is 0 Å². The van der Waals surface area contributed by atoms with E-state index >= 15 is 0 Å². The molecule has 0 fully saturated rings. The third-order valence-electron chi connectivity index (χ3n) is 3.16. The highest BCUT2D eigenvalue weighted by Gasteiger charge is 2.31. The van der Waals surface area contributed by atoms with E-state index < -0.39 is 5.54 Å². The summed E-state index contributed by atoms with van der Waals surface area (Å²) in [5.41, 5.74) is 5.85. The topological polar surface area (TPSA) is 68.3 Å². The minimum absolute atomic E-state index is 0.214. The van der Waals surface area contributed by atoms with Crippen LogP contribution in [0.1, 0.15) is 31.2 Å². The second-order valence-electron chi connectivity index (χ2n) is 4.78. The van der Waals surface area contributed by atoms with Crippen molar-refractivity contribution in [2.75, 3.05) is 0 Å². The highest BCUT2D eigenvalue weighted by molar-refractivity contribution is 5.87. The van der Waals surface area contributed by atoms with E-state index in [1.165, 1.54) is 0 Å². The molecule has 0 radical (unpaired) electrons. The van der Waals surface area contributed by atoms with Gasteiger partial charge < -0.3 is 15.5 Å². The summed E-state index contributed by atoms with van der Waals surface area (Å²) in [6.07, 6.45) is 1.58. The molecule has 2 atom stereocenters. The van der Waals surface area contributed by atoms with Crippen molar-refractivity contribution < 1.29 is 9.21 Å². The summed E-state index contributed by atoms with van der Waals surface area (Å²) in [6.45, 7) is 3.56. The van der Waals surface area contributed by atoms with Crippen LogP contribution in [0.5, 0.6) is 0 Å². The van der Waals surface area contributed by atoms with Crippen molar-refractivity contribution in [3.63, 3.8) is 0 Å². The van der Waals surface area contributed by atoms with Gasteiger partial charge in [0.05, 0.1) is 12.3 Å². The minimum Gasteiger partial charge on any atom is -0.467 e. The van der Waals surface area contributed by atoms with Crippen molar-refractivity contribution in [1.82, 2.24) is 5.32 Å². The van der Waals surface area contributed by atoms with E-state index in [9.17, 15) is 4.79 Å². The molecule has 0 aliphatic rings. The van der Waals surface area contributed by atoms with E-state index in [4.69, 9.17) is 10.2 Å². The molecule has 1 heterocycles. The lowest BCUT2D eigenvalue weighted by atomic mass is 9.92. The molecule has 0 bridgehead atoms. The van der Waals surface area contributed by atoms with Gasteiger partial charge in [-0.25, -0.2) is 0 Å². The van der Waals surface area contributed by atoms with Gasteiger partial charge in [-0.3, -0.25) is 4.79 Å². The Balaban J connectivity index is 2.11. The molecule has 1 unspecified atom stereocenters. The predicted molar refractivity (Wildman–Crippen MR) is 73.2 cm³/mol. The summed E-state index contributed by atoms with van der Waals surface area (Å²) in [4.78, 5) is 12.3. The third-order valence-corrected chi connectivity index (χ3v) is 3.16. The molecule has 4 nitrogen and oxygen atoms in total. The number of nitrogens with two attached hydrogens (primary N) is 1. The van der Waals surface area contributed by atoms with Gasteiger partial charge in [-0.2, -0.15) is 0 Å². The zero-order valence-corrected chi connectivity index (χ0v) is 11.1. The van der Waals surface area contributed by atoms with Crippen LogP contribution in [0.15, 0.2) is 53.1 Å². The molecule has 0 saturated carbocycles. The van der Waals surface area contributed by atoms with E-state index in [-0.39, 0.29) is 11.9 Å². The van der Waals surface area contributed by atoms with Crippen LogP contribution in [0.4, 0.5) is 0 Å². The molecule has 0 aliphatic carbocycles. The summed E-state index contributed by atoms with van der Waals surface area (Å²) in [5.74, 6) is 0.472. The Morgan fingerprint density at radius 2 is 1.95 bits per heavy atom. The summed E-state index contributed by atoms with van der Waals surface area (Å²) in [6, 6.07) is 12.7. The van der Waals surface area contributed by atoms with Crippen molar-refractivity contribution in [2.45, 2.75) is 25.4 Å². The Morgan fingerprint density at radius 1 is 1.26 bits per heavy atom. The second-order valence-corrected chi connectivity index (χ2v) is 4.78. The Hall–Kier alpha value is -2.07. The Bertz CT molecular complexity index is 533. The first-order chi connectivity index (χ1) is 9.01. The fraction of sp³-hybridized carbons (Fsp3) is 0.267. The number of amides is 1. The monoisotopic (exact) mass is 258 g/mol. The van der Waals surface area contributed by atoms with E-state index in [0.717, 1.165) is 5.56 Å². The van der Waals surface area contributed by atoms with Gasteiger partial charge in [0.2, 0.25) is 5.91 Å². The summed E-state index contributed by atoms with van der Waals surface area (Å²) < 4.78 is 5.26. The molecule has 2 rings (SSSR count). The number of hydrogen-bond donors (Lipinski definition) is 2. The number of carbonyl (C=O) groups is 1. The SMILES string of the molecule is C[C@H](NC(=O)C(C)(N)c1ccccc1)c1ccco1. The molecule has 4 heteroatoms. The third kappa shape index (κ3) is 2.85. The molecule has 2 aromatic rings. The van der Waals surface area contributed by atoms with Crippen LogP contribution in [0, 0.1) is 0 Å². The highest BCUT2D eigenvalue weighted by atomic mass is 16.3. The first kappa shape index (κ1) is 13.4. The quantitative estimate of drug-likeness (QED) is 0.884. The standard InChI is InChI=1S/C15H18N2O2/c1-11(13-9-6-10-19-13)17-14(18)15(2,16)12-7-4-3-5-8-12/h3-11H,16H2,1-2H3,(H,17,18)/t11-,15?/m0/s1. The van der Waals surface area contributed by atoms with Crippen molar-refractivity contribution in [3.8, 4) is 0 Å². The highest BCUT2D eigenvalue weighted by Crippen LogP contribution is 2.20. The number of hydrogen-bond acceptors (Lipinski definition) is 3. The van der Waals surface area contributed by atoms with Gasteiger partial charge >= 0.3 is 0 Å². The number of furan rings is 1. The largest absolute Gasteiger partial charge is 0.467 e. The van der Waals surface area contributed by atoms with E-state index in [0.29, 0.717) is 5.76 Å². The fourth-order valence-electron chi connectivity index (χ4n) is 1.87. The zero-order chi connectivity index (χ0) is 13.9. The van der Waals surface area contributed by atoms with Crippen LogP contribution in [0.25, 0.3) is 0 Å². The van der Waals surface area contributed by atoms with Gasteiger partial charge in [-0.1, -0.05) is 30.3 Å². The molecular formula is C15H18N2O2. The molecule has 1 aromatic heterocycles. The molecule has 0 aliphatic heterocycles.